The molecule has 0 radical (unpaired) electrons. The summed E-state index contributed by atoms with van der Waals surface area (Å²) < 4.78 is 1.81. The SMILES string of the molecule is Nc1cc2ccccc2c(=O)n1C1CCN(C2CC2)C1. The number of rotatable bonds is 2. The second-order valence-electron chi connectivity index (χ2n) is 6.00. The van der Waals surface area contributed by atoms with Gasteiger partial charge in [-0.3, -0.25) is 14.3 Å². The van der Waals surface area contributed by atoms with Gasteiger partial charge in [0.15, 0.2) is 0 Å². The van der Waals surface area contributed by atoms with Gasteiger partial charge < -0.3 is 5.73 Å². The zero-order valence-corrected chi connectivity index (χ0v) is 11.5. The minimum atomic E-state index is 0.0586. The highest BCUT2D eigenvalue weighted by atomic mass is 16.1. The van der Waals surface area contributed by atoms with Gasteiger partial charge in [0.1, 0.15) is 5.82 Å². The Morgan fingerprint density at radius 3 is 2.70 bits per heavy atom. The highest BCUT2D eigenvalue weighted by molar-refractivity contribution is 5.83. The van der Waals surface area contributed by atoms with E-state index >= 15 is 0 Å². The van der Waals surface area contributed by atoms with Crippen molar-refractivity contribution >= 4 is 16.6 Å². The second-order valence-corrected chi connectivity index (χ2v) is 6.00. The Labute approximate surface area is 117 Å². The smallest absolute Gasteiger partial charge is 0.260 e. The van der Waals surface area contributed by atoms with Gasteiger partial charge in [-0.1, -0.05) is 18.2 Å². The Kier molecular flexibility index (Phi) is 2.60. The van der Waals surface area contributed by atoms with Crippen molar-refractivity contribution in [3.05, 3.63) is 40.7 Å². The molecule has 104 valence electrons. The summed E-state index contributed by atoms with van der Waals surface area (Å²) in [5.41, 5.74) is 6.21. The molecule has 1 aromatic heterocycles. The topological polar surface area (TPSA) is 51.3 Å². The molecular weight excluding hydrogens is 250 g/mol. The molecule has 0 bridgehead atoms. The standard InChI is InChI=1S/C16H19N3O/c17-15-9-11-3-1-2-4-14(11)16(20)19(15)13-7-8-18(10-13)12-5-6-12/h1-4,9,12-13H,5-8,10,17H2. The average molecular weight is 269 g/mol. The lowest BCUT2D eigenvalue weighted by atomic mass is 10.1. The minimum Gasteiger partial charge on any atom is -0.385 e. The zero-order valence-electron chi connectivity index (χ0n) is 11.5. The first-order chi connectivity index (χ1) is 9.74. The van der Waals surface area contributed by atoms with E-state index in [0.29, 0.717) is 5.82 Å². The highest BCUT2D eigenvalue weighted by Gasteiger charge is 2.35. The lowest BCUT2D eigenvalue weighted by molar-refractivity contribution is 0.313. The Morgan fingerprint density at radius 1 is 1.10 bits per heavy atom. The normalized spacial score (nSPS) is 23.5. The first-order valence-electron chi connectivity index (χ1n) is 7.38. The van der Waals surface area contributed by atoms with Gasteiger partial charge in [-0.2, -0.15) is 0 Å². The molecule has 1 aromatic carbocycles. The number of benzene rings is 1. The molecule has 2 aromatic rings. The highest BCUT2D eigenvalue weighted by Crippen LogP contribution is 2.33. The fourth-order valence-corrected chi connectivity index (χ4v) is 3.42. The largest absolute Gasteiger partial charge is 0.385 e. The van der Waals surface area contributed by atoms with E-state index in [1.165, 1.54) is 12.8 Å². The van der Waals surface area contributed by atoms with E-state index in [1.54, 1.807) is 0 Å². The number of pyridine rings is 1. The molecule has 4 rings (SSSR count). The van der Waals surface area contributed by atoms with Crippen molar-refractivity contribution in [3.63, 3.8) is 0 Å². The van der Waals surface area contributed by atoms with Crippen LogP contribution in [0, 0.1) is 0 Å². The molecule has 2 fully saturated rings. The van der Waals surface area contributed by atoms with Gasteiger partial charge in [-0.25, -0.2) is 0 Å². The molecule has 0 spiro atoms. The van der Waals surface area contributed by atoms with Crippen molar-refractivity contribution in [1.82, 2.24) is 9.47 Å². The Hall–Kier alpha value is -1.81. The van der Waals surface area contributed by atoms with E-state index in [9.17, 15) is 4.79 Å². The van der Waals surface area contributed by atoms with Crippen LogP contribution in [0.25, 0.3) is 10.8 Å². The maximum atomic E-state index is 12.7. The molecule has 0 amide bonds. The number of likely N-dealkylation sites (tertiary alicyclic amines) is 1. The van der Waals surface area contributed by atoms with Crippen LogP contribution in [-0.2, 0) is 0 Å². The number of nitrogen functional groups attached to an aromatic ring is 1. The van der Waals surface area contributed by atoms with E-state index in [0.717, 1.165) is 36.3 Å². The van der Waals surface area contributed by atoms with Crippen LogP contribution < -0.4 is 11.3 Å². The number of nitrogens with zero attached hydrogens (tertiary/aromatic N) is 2. The number of hydrogen-bond acceptors (Lipinski definition) is 3. The summed E-state index contributed by atoms with van der Waals surface area (Å²) in [6.07, 6.45) is 3.66. The molecule has 1 aliphatic carbocycles. The summed E-state index contributed by atoms with van der Waals surface area (Å²) in [5.74, 6) is 0.594. The molecule has 1 saturated carbocycles. The number of nitrogens with two attached hydrogens (primary N) is 1. The minimum absolute atomic E-state index is 0.0586. The quantitative estimate of drug-likeness (QED) is 0.907. The first-order valence-corrected chi connectivity index (χ1v) is 7.38. The number of fused-ring (bicyclic) bond motifs is 1. The molecule has 2 aliphatic rings. The average Bonchev–Trinajstić information content (AvgIpc) is 3.19. The predicted octanol–water partition coefficient (Wildman–Crippen LogP) is 1.99. The van der Waals surface area contributed by atoms with Crippen LogP contribution in [-0.4, -0.2) is 28.6 Å². The van der Waals surface area contributed by atoms with Crippen LogP contribution in [0.2, 0.25) is 0 Å². The van der Waals surface area contributed by atoms with Crippen LogP contribution in [0.5, 0.6) is 0 Å². The van der Waals surface area contributed by atoms with Crippen molar-refractivity contribution in [2.45, 2.75) is 31.3 Å². The zero-order chi connectivity index (χ0) is 13.7. The van der Waals surface area contributed by atoms with Gasteiger partial charge >= 0.3 is 0 Å². The molecule has 20 heavy (non-hydrogen) atoms. The summed E-state index contributed by atoms with van der Waals surface area (Å²) >= 11 is 0. The molecule has 4 nitrogen and oxygen atoms in total. The maximum Gasteiger partial charge on any atom is 0.260 e. The molecule has 1 atom stereocenters. The van der Waals surface area contributed by atoms with E-state index in [1.807, 2.05) is 34.9 Å². The van der Waals surface area contributed by atoms with Crippen molar-refractivity contribution in [1.29, 1.82) is 0 Å². The third kappa shape index (κ3) is 1.83. The van der Waals surface area contributed by atoms with Crippen molar-refractivity contribution in [2.24, 2.45) is 0 Å². The first kappa shape index (κ1) is 12.0. The Balaban J connectivity index is 1.77. The van der Waals surface area contributed by atoms with E-state index in [2.05, 4.69) is 4.90 Å². The number of hydrogen-bond donors (Lipinski definition) is 1. The van der Waals surface area contributed by atoms with E-state index < -0.39 is 0 Å². The summed E-state index contributed by atoms with van der Waals surface area (Å²) in [6.45, 7) is 2.06. The third-order valence-corrected chi connectivity index (χ3v) is 4.61. The van der Waals surface area contributed by atoms with Gasteiger partial charge in [-0.05, 0) is 36.8 Å². The fourth-order valence-electron chi connectivity index (χ4n) is 3.42. The molecule has 1 saturated heterocycles. The van der Waals surface area contributed by atoms with E-state index in [-0.39, 0.29) is 11.6 Å². The lowest BCUT2D eigenvalue weighted by Crippen LogP contribution is -2.30. The van der Waals surface area contributed by atoms with E-state index in [4.69, 9.17) is 5.73 Å². The Morgan fingerprint density at radius 2 is 1.90 bits per heavy atom. The number of anilines is 1. The van der Waals surface area contributed by atoms with Crippen molar-refractivity contribution in [3.8, 4) is 0 Å². The molecule has 1 aliphatic heterocycles. The third-order valence-electron chi connectivity index (χ3n) is 4.61. The van der Waals surface area contributed by atoms with Crippen LogP contribution in [0.4, 0.5) is 5.82 Å². The summed E-state index contributed by atoms with van der Waals surface area (Å²) in [5, 5.41) is 1.70. The summed E-state index contributed by atoms with van der Waals surface area (Å²) in [6, 6.07) is 10.6. The molecule has 1 unspecified atom stereocenters. The van der Waals surface area contributed by atoms with Gasteiger partial charge in [0.25, 0.3) is 5.56 Å². The lowest BCUT2D eigenvalue weighted by Gasteiger charge is -2.19. The molecule has 2 N–H and O–H groups in total. The van der Waals surface area contributed by atoms with Gasteiger partial charge in [0.2, 0.25) is 0 Å². The van der Waals surface area contributed by atoms with Crippen molar-refractivity contribution < 1.29 is 0 Å². The summed E-state index contributed by atoms with van der Waals surface area (Å²) in [4.78, 5) is 15.2. The maximum absolute atomic E-state index is 12.7. The second kappa shape index (κ2) is 4.35. The molecule has 2 heterocycles. The van der Waals surface area contributed by atoms with Crippen LogP contribution in [0.3, 0.4) is 0 Å². The Bertz CT molecular complexity index is 717. The number of aromatic nitrogens is 1. The van der Waals surface area contributed by atoms with Crippen molar-refractivity contribution in [2.75, 3.05) is 18.8 Å². The van der Waals surface area contributed by atoms with Crippen LogP contribution in [0.1, 0.15) is 25.3 Å². The summed E-state index contributed by atoms with van der Waals surface area (Å²) in [7, 11) is 0. The van der Waals surface area contributed by atoms with Crippen LogP contribution >= 0.6 is 0 Å². The monoisotopic (exact) mass is 269 g/mol. The van der Waals surface area contributed by atoms with Gasteiger partial charge in [-0.15, -0.1) is 0 Å². The predicted molar refractivity (Wildman–Crippen MR) is 80.9 cm³/mol. The van der Waals surface area contributed by atoms with Gasteiger partial charge in [0, 0.05) is 24.5 Å². The fraction of sp³-hybridized carbons (Fsp3) is 0.438. The molecule has 4 heteroatoms. The van der Waals surface area contributed by atoms with Crippen LogP contribution in [0.15, 0.2) is 35.1 Å². The molecular formula is C16H19N3O. The van der Waals surface area contributed by atoms with Gasteiger partial charge in [0.05, 0.1) is 6.04 Å².